The fourth-order valence-electron chi connectivity index (χ4n) is 4.93. The lowest BCUT2D eigenvalue weighted by atomic mass is 10.1. The zero-order valence-corrected chi connectivity index (χ0v) is 26.5. The minimum absolute atomic E-state index is 0.118. The molecule has 0 aromatic heterocycles. The van der Waals surface area contributed by atoms with Crippen molar-refractivity contribution in [2.45, 2.75) is 46.7 Å². The molecule has 4 aromatic carbocycles. The lowest BCUT2D eigenvalue weighted by Crippen LogP contribution is -2.25. The van der Waals surface area contributed by atoms with E-state index < -0.39 is 11.9 Å². The number of hydrogen-bond donors (Lipinski definition) is 2. The second kappa shape index (κ2) is 15.6. The fourth-order valence-corrected chi connectivity index (χ4v) is 5.26. The van der Waals surface area contributed by atoms with E-state index in [9.17, 15) is 14.7 Å². The van der Waals surface area contributed by atoms with Crippen LogP contribution in [0.1, 0.15) is 41.2 Å². The van der Waals surface area contributed by atoms with Crippen molar-refractivity contribution in [2.75, 3.05) is 18.5 Å². The Morgan fingerprint density at radius 2 is 1.59 bits per heavy atom. The SMILES string of the molecule is CCOC(=O)C(=O)Nc1cc(C)c(Oc2ccc(O)c(CN(CCCc3ccccc3)Cc3ccc(Cl)c(Cl)c3)c2)c(C)c1. The van der Waals surface area contributed by atoms with Crippen LogP contribution in [0.15, 0.2) is 78.9 Å². The van der Waals surface area contributed by atoms with Crippen LogP contribution in [0.5, 0.6) is 17.2 Å². The van der Waals surface area contributed by atoms with E-state index in [2.05, 4.69) is 22.3 Å². The maximum absolute atomic E-state index is 12.1. The lowest BCUT2D eigenvalue weighted by Gasteiger charge is -2.24. The van der Waals surface area contributed by atoms with Crippen molar-refractivity contribution >= 4 is 40.8 Å². The highest BCUT2D eigenvalue weighted by Gasteiger charge is 2.17. The van der Waals surface area contributed by atoms with E-state index in [4.69, 9.17) is 32.7 Å². The molecule has 44 heavy (non-hydrogen) atoms. The molecule has 7 nitrogen and oxygen atoms in total. The molecular formula is C35H36Cl2N2O5. The van der Waals surface area contributed by atoms with Gasteiger partial charge in [0.25, 0.3) is 0 Å². The van der Waals surface area contributed by atoms with Gasteiger partial charge in [-0.25, -0.2) is 4.79 Å². The average Bonchev–Trinajstić information content (AvgIpc) is 2.99. The Hall–Kier alpha value is -4.04. The number of ether oxygens (including phenoxy) is 2. The standard InChI is InChI=1S/C35H36Cl2N2O5/c1-4-43-35(42)34(41)38-28-17-23(2)33(24(3)18-28)44-29-13-15-32(40)27(20-29)22-39(16-8-11-25-9-6-5-7-10-25)21-26-12-14-30(36)31(37)19-26/h5-7,9-10,12-15,17-20,40H,4,8,11,16,21-22H2,1-3H3,(H,38,41). The Kier molecular flexibility index (Phi) is 11.7. The second-order valence-electron chi connectivity index (χ2n) is 10.6. The van der Waals surface area contributed by atoms with Gasteiger partial charge in [-0.15, -0.1) is 0 Å². The molecule has 0 saturated carbocycles. The minimum atomic E-state index is -0.937. The fraction of sp³-hybridized carbons (Fsp3) is 0.257. The van der Waals surface area contributed by atoms with Gasteiger partial charge in [0.05, 0.1) is 16.7 Å². The van der Waals surface area contributed by atoms with Crippen LogP contribution in [0.25, 0.3) is 0 Å². The Balaban J connectivity index is 1.51. The molecule has 2 N–H and O–H groups in total. The number of halogens is 2. The number of esters is 1. The molecule has 0 unspecified atom stereocenters. The number of phenolic OH excluding ortho intramolecular Hbond substituents is 1. The summed E-state index contributed by atoms with van der Waals surface area (Å²) >= 11 is 12.5. The molecule has 4 aromatic rings. The number of carbonyl (C=O) groups excluding carboxylic acids is 2. The number of amides is 1. The molecular weight excluding hydrogens is 599 g/mol. The zero-order chi connectivity index (χ0) is 31.6. The number of benzene rings is 4. The number of aromatic hydroxyl groups is 1. The van der Waals surface area contributed by atoms with E-state index in [1.807, 2.05) is 50.2 Å². The molecule has 1 amide bonds. The van der Waals surface area contributed by atoms with Gasteiger partial charge in [-0.3, -0.25) is 9.69 Å². The third kappa shape index (κ3) is 9.23. The van der Waals surface area contributed by atoms with Gasteiger partial charge < -0.3 is 19.9 Å². The first-order valence-electron chi connectivity index (χ1n) is 14.4. The predicted molar refractivity (Wildman–Crippen MR) is 175 cm³/mol. The van der Waals surface area contributed by atoms with Gasteiger partial charge in [-0.1, -0.05) is 59.6 Å². The summed E-state index contributed by atoms with van der Waals surface area (Å²) in [4.78, 5) is 26.1. The van der Waals surface area contributed by atoms with E-state index in [-0.39, 0.29) is 12.4 Å². The Morgan fingerprint density at radius 1 is 0.864 bits per heavy atom. The lowest BCUT2D eigenvalue weighted by molar-refractivity contribution is -0.152. The van der Waals surface area contributed by atoms with Crippen molar-refractivity contribution in [3.05, 3.63) is 117 Å². The van der Waals surface area contributed by atoms with E-state index in [0.717, 1.165) is 41.6 Å². The van der Waals surface area contributed by atoms with Crippen LogP contribution in [-0.2, 0) is 33.8 Å². The number of carbonyl (C=O) groups is 2. The van der Waals surface area contributed by atoms with Crippen molar-refractivity contribution in [2.24, 2.45) is 0 Å². The Bertz CT molecular complexity index is 1590. The first kappa shape index (κ1) is 32.9. The molecule has 0 radical (unpaired) electrons. The molecule has 0 saturated heterocycles. The van der Waals surface area contributed by atoms with Gasteiger partial charge in [-0.2, -0.15) is 0 Å². The smallest absolute Gasteiger partial charge is 0.397 e. The van der Waals surface area contributed by atoms with Gasteiger partial charge in [0.2, 0.25) is 0 Å². The molecule has 0 aliphatic heterocycles. The number of anilines is 1. The average molecular weight is 636 g/mol. The van der Waals surface area contributed by atoms with Gasteiger partial charge in [0.15, 0.2) is 0 Å². The summed E-state index contributed by atoms with van der Waals surface area (Å²) in [5, 5.41) is 14.4. The topological polar surface area (TPSA) is 88.1 Å². The number of nitrogens with zero attached hydrogens (tertiary/aromatic N) is 1. The summed E-state index contributed by atoms with van der Waals surface area (Å²) in [7, 11) is 0. The Morgan fingerprint density at radius 3 is 2.27 bits per heavy atom. The highest BCUT2D eigenvalue weighted by molar-refractivity contribution is 6.42. The highest BCUT2D eigenvalue weighted by atomic mass is 35.5. The predicted octanol–water partition coefficient (Wildman–Crippen LogP) is 8.24. The zero-order valence-electron chi connectivity index (χ0n) is 25.0. The number of aryl methyl sites for hydroxylation is 3. The van der Waals surface area contributed by atoms with Crippen molar-refractivity contribution in [3.63, 3.8) is 0 Å². The largest absolute Gasteiger partial charge is 0.508 e. The highest BCUT2D eigenvalue weighted by Crippen LogP contribution is 2.34. The molecule has 0 heterocycles. The van der Waals surface area contributed by atoms with Gasteiger partial charge in [0, 0.05) is 24.3 Å². The summed E-state index contributed by atoms with van der Waals surface area (Å²) in [6, 6.07) is 24.6. The van der Waals surface area contributed by atoms with Crippen molar-refractivity contribution in [1.29, 1.82) is 0 Å². The quantitative estimate of drug-likeness (QED) is 0.120. The van der Waals surface area contributed by atoms with Crippen LogP contribution in [0, 0.1) is 13.8 Å². The molecule has 0 bridgehead atoms. The summed E-state index contributed by atoms with van der Waals surface area (Å²) in [5.74, 6) is -0.424. The number of nitrogens with one attached hydrogen (secondary N) is 1. The van der Waals surface area contributed by atoms with Crippen molar-refractivity contribution in [3.8, 4) is 17.2 Å². The van der Waals surface area contributed by atoms with Crippen LogP contribution in [0.3, 0.4) is 0 Å². The third-order valence-electron chi connectivity index (χ3n) is 7.02. The van der Waals surface area contributed by atoms with E-state index in [1.165, 1.54) is 5.56 Å². The first-order valence-corrected chi connectivity index (χ1v) is 15.2. The van der Waals surface area contributed by atoms with Gasteiger partial charge >= 0.3 is 11.9 Å². The monoisotopic (exact) mass is 634 g/mol. The molecule has 230 valence electrons. The summed E-state index contributed by atoms with van der Waals surface area (Å²) in [6.45, 7) is 7.36. The molecule has 0 aliphatic carbocycles. The number of rotatable bonds is 12. The maximum Gasteiger partial charge on any atom is 0.397 e. The summed E-state index contributed by atoms with van der Waals surface area (Å²) < 4.78 is 11.0. The molecule has 9 heteroatoms. The minimum Gasteiger partial charge on any atom is -0.508 e. The molecule has 0 fully saturated rings. The number of phenols is 1. The summed E-state index contributed by atoms with van der Waals surface area (Å²) in [6.07, 6.45) is 1.86. The first-order chi connectivity index (χ1) is 21.1. The van der Waals surface area contributed by atoms with E-state index in [0.29, 0.717) is 40.3 Å². The maximum atomic E-state index is 12.1. The second-order valence-corrected chi connectivity index (χ2v) is 11.4. The normalized spacial score (nSPS) is 11.0. The molecule has 0 atom stereocenters. The summed E-state index contributed by atoms with van der Waals surface area (Å²) in [5.41, 5.74) is 5.01. The van der Waals surface area contributed by atoms with E-state index in [1.54, 1.807) is 37.3 Å². The van der Waals surface area contributed by atoms with Crippen LogP contribution in [-0.4, -0.2) is 35.0 Å². The van der Waals surface area contributed by atoms with Crippen LogP contribution >= 0.6 is 23.2 Å². The van der Waals surface area contributed by atoms with Crippen LogP contribution in [0.2, 0.25) is 10.0 Å². The van der Waals surface area contributed by atoms with Crippen molar-refractivity contribution in [1.82, 2.24) is 4.90 Å². The van der Waals surface area contributed by atoms with Crippen molar-refractivity contribution < 1.29 is 24.2 Å². The number of hydrogen-bond acceptors (Lipinski definition) is 6. The van der Waals surface area contributed by atoms with Gasteiger partial charge in [-0.05, 0) is 105 Å². The molecule has 0 spiro atoms. The van der Waals surface area contributed by atoms with Gasteiger partial charge in [0.1, 0.15) is 17.2 Å². The van der Waals surface area contributed by atoms with E-state index >= 15 is 0 Å². The van der Waals surface area contributed by atoms with Crippen LogP contribution < -0.4 is 10.1 Å². The molecule has 4 rings (SSSR count). The molecule has 0 aliphatic rings. The third-order valence-corrected chi connectivity index (χ3v) is 7.76. The van der Waals surface area contributed by atoms with Crippen LogP contribution in [0.4, 0.5) is 5.69 Å². The Labute approximate surface area is 268 Å².